The number of nitrogens with one attached hydrogen (secondary N) is 2. The molecule has 1 aliphatic heterocycles. The van der Waals surface area contributed by atoms with E-state index in [0.717, 1.165) is 48.7 Å². The number of nitrogens with two attached hydrogens (primary N) is 1. The van der Waals surface area contributed by atoms with Crippen LogP contribution in [0.3, 0.4) is 0 Å². The molecule has 0 amide bonds. The van der Waals surface area contributed by atoms with Crippen LogP contribution in [0.15, 0.2) is 109 Å². The van der Waals surface area contributed by atoms with Gasteiger partial charge in [-0.05, 0) is 48.1 Å². The van der Waals surface area contributed by atoms with Crippen molar-refractivity contribution < 1.29 is 9.53 Å². The van der Waals surface area contributed by atoms with Crippen LogP contribution in [-0.2, 0) is 16.0 Å². The highest BCUT2D eigenvalue weighted by Crippen LogP contribution is 2.19. The molecule has 0 aliphatic carbocycles. The fraction of sp³-hybridized carbons (Fsp3) is 0.188. The van der Waals surface area contributed by atoms with E-state index in [4.69, 9.17) is 22.7 Å². The summed E-state index contributed by atoms with van der Waals surface area (Å²) in [6.07, 6.45) is 1.87. The normalized spacial score (nSPS) is 13.4. The number of rotatable bonds is 9. The van der Waals surface area contributed by atoms with E-state index >= 15 is 0 Å². The molecule has 0 saturated carbocycles. The first-order valence-corrected chi connectivity index (χ1v) is 14.2. The highest BCUT2D eigenvalue weighted by atomic mass is 32.1. The molecule has 5 rings (SSSR count). The van der Waals surface area contributed by atoms with Crippen LogP contribution in [0.4, 0.5) is 17.2 Å². The van der Waals surface area contributed by atoms with Crippen LogP contribution in [0, 0.1) is 0 Å². The molecule has 4 aromatic rings. The maximum Gasteiger partial charge on any atom is 0.334 e. The largest absolute Gasteiger partial charge is 0.462 e. The fourth-order valence-electron chi connectivity index (χ4n) is 4.67. The maximum atomic E-state index is 12.5. The lowest BCUT2D eigenvalue weighted by atomic mass is 10.1. The van der Waals surface area contributed by atoms with Crippen molar-refractivity contribution in [1.82, 2.24) is 15.1 Å². The Balaban J connectivity index is 1.08. The Morgan fingerprint density at radius 1 is 0.857 bits per heavy atom. The second kappa shape index (κ2) is 14.1. The molecule has 0 bridgehead atoms. The lowest BCUT2D eigenvalue weighted by Gasteiger charge is -2.37. The smallest absolute Gasteiger partial charge is 0.334 e. The summed E-state index contributed by atoms with van der Waals surface area (Å²) in [6.45, 7) is 3.34. The fourth-order valence-corrected chi connectivity index (χ4v) is 4.88. The number of ether oxygens (including phenoxy) is 1. The van der Waals surface area contributed by atoms with Crippen LogP contribution in [0.1, 0.15) is 5.56 Å². The molecule has 0 atom stereocenters. The van der Waals surface area contributed by atoms with Gasteiger partial charge in [0.15, 0.2) is 10.9 Å². The lowest BCUT2D eigenvalue weighted by molar-refractivity contribution is -0.137. The van der Waals surface area contributed by atoms with Crippen LogP contribution in [0.5, 0.6) is 0 Å². The predicted molar refractivity (Wildman–Crippen MR) is 171 cm³/mol. The van der Waals surface area contributed by atoms with Gasteiger partial charge in [-0.15, -0.1) is 10.2 Å². The van der Waals surface area contributed by atoms with Crippen LogP contribution in [0.25, 0.3) is 11.3 Å². The van der Waals surface area contributed by atoms with Crippen molar-refractivity contribution in [2.45, 2.75) is 6.42 Å². The van der Waals surface area contributed by atoms with Crippen molar-refractivity contribution >= 4 is 40.5 Å². The quantitative estimate of drug-likeness (QED) is 0.147. The average Bonchev–Trinajstić information content (AvgIpc) is 3.03. The van der Waals surface area contributed by atoms with E-state index in [1.54, 1.807) is 0 Å². The third-order valence-corrected chi connectivity index (χ3v) is 7.09. The monoisotopic (exact) mass is 579 g/mol. The number of anilines is 3. The standard InChI is InChI=1S/C32H33N7O2S/c33-29(39-20-18-38(19-21-39)26-12-5-2-6-13-26)23-31(40)41-22-17-25-11-7-8-14-27(25)34-32(42)35-30-16-15-28(36-37-30)24-9-3-1-4-10-24/h1-16,23H,17-22,33H2,(H2,34,35,37,42). The molecule has 42 heavy (non-hydrogen) atoms. The molecule has 1 aromatic heterocycles. The maximum absolute atomic E-state index is 12.5. The Bertz CT molecular complexity index is 1510. The number of benzene rings is 3. The number of esters is 1. The number of carbonyl (C=O) groups is 1. The van der Waals surface area contributed by atoms with E-state index in [9.17, 15) is 4.79 Å². The number of carbonyl (C=O) groups excluding carboxylic acids is 1. The van der Waals surface area contributed by atoms with Crippen molar-refractivity contribution in [2.24, 2.45) is 5.73 Å². The molecule has 0 spiro atoms. The molecule has 1 fully saturated rings. The zero-order valence-electron chi connectivity index (χ0n) is 23.1. The van der Waals surface area contributed by atoms with E-state index in [1.165, 1.54) is 11.8 Å². The summed E-state index contributed by atoms with van der Waals surface area (Å²) < 4.78 is 5.47. The van der Waals surface area contributed by atoms with E-state index in [1.807, 2.05) is 89.8 Å². The minimum atomic E-state index is -0.460. The summed E-state index contributed by atoms with van der Waals surface area (Å²) in [4.78, 5) is 16.8. The summed E-state index contributed by atoms with van der Waals surface area (Å²) in [5, 5.41) is 15.2. The topological polar surface area (TPSA) is 109 Å². The van der Waals surface area contributed by atoms with Crippen LogP contribution < -0.4 is 21.3 Å². The van der Waals surface area contributed by atoms with Gasteiger partial charge in [-0.1, -0.05) is 66.7 Å². The van der Waals surface area contributed by atoms with Crippen molar-refractivity contribution in [3.63, 3.8) is 0 Å². The van der Waals surface area contributed by atoms with Gasteiger partial charge < -0.3 is 30.9 Å². The second-order valence-corrected chi connectivity index (χ2v) is 10.1. The van der Waals surface area contributed by atoms with Gasteiger partial charge in [0.05, 0.1) is 18.4 Å². The molecule has 2 heterocycles. The van der Waals surface area contributed by atoms with Crippen LogP contribution in [0.2, 0.25) is 0 Å². The number of nitrogens with zero attached hydrogens (tertiary/aromatic N) is 4. The Morgan fingerprint density at radius 3 is 2.26 bits per heavy atom. The van der Waals surface area contributed by atoms with Crippen molar-refractivity contribution in [3.8, 4) is 11.3 Å². The zero-order valence-corrected chi connectivity index (χ0v) is 24.0. The summed E-state index contributed by atoms with van der Waals surface area (Å²) in [7, 11) is 0. The SMILES string of the molecule is NC(=CC(=O)OCCc1ccccc1NC(=S)Nc1ccc(-c2ccccc2)nn1)N1CCN(c2ccccc2)CC1. The second-order valence-electron chi connectivity index (χ2n) is 9.70. The first-order valence-electron chi connectivity index (χ1n) is 13.8. The van der Waals surface area contributed by atoms with Gasteiger partial charge in [0.25, 0.3) is 0 Å². The number of para-hydroxylation sites is 2. The Kier molecular flexibility index (Phi) is 9.58. The lowest BCUT2D eigenvalue weighted by Crippen LogP contribution is -2.47. The number of thiocarbonyl (C=S) groups is 1. The third kappa shape index (κ3) is 7.82. The minimum Gasteiger partial charge on any atom is -0.462 e. The first-order chi connectivity index (χ1) is 20.5. The van der Waals surface area contributed by atoms with Gasteiger partial charge in [-0.2, -0.15) is 0 Å². The third-order valence-electron chi connectivity index (χ3n) is 6.89. The molecular weight excluding hydrogens is 546 g/mol. The number of hydrogen-bond donors (Lipinski definition) is 3. The molecule has 1 aliphatic rings. The zero-order chi connectivity index (χ0) is 29.1. The highest BCUT2D eigenvalue weighted by molar-refractivity contribution is 7.80. The Labute approximate surface area is 251 Å². The van der Waals surface area contributed by atoms with Gasteiger partial charge in [0.2, 0.25) is 0 Å². The molecular formula is C32H33N7O2S. The van der Waals surface area contributed by atoms with E-state index in [-0.39, 0.29) is 6.61 Å². The van der Waals surface area contributed by atoms with Gasteiger partial charge >= 0.3 is 5.97 Å². The molecule has 3 aromatic carbocycles. The number of aromatic nitrogens is 2. The number of piperazine rings is 1. The average molecular weight is 580 g/mol. The van der Waals surface area contributed by atoms with Crippen molar-refractivity contribution in [3.05, 3.63) is 115 Å². The molecule has 0 unspecified atom stereocenters. The summed E-state index contributed by atoms with van der Waals surface area (Å²) in [5.74, 6) is 0.494. The summed E-state index contributed by atoms with van der Waals surface area (Å²) >= 11 is 5.50. The molecule has 9 nitrogen and oxygen atoms in total. The summed E-state index contributed by atoms with van der Waals surface area (Å²) in [5.41, 5.74) is 11.0. The van der Waals surface area contributed by atoms with Crippen molar-refractivity contribution in [1.29, 1.82) is 0 Å². The molecule has 0 radical (unpaired) electrons. The van der Waals surface area contributed by atoms with E-state index < -0.39 is 5.97 Å². The highest BCUT2D eigenvalue weighted by Gasteiger charge is 2.18. The molecule has 214 valence electrons. The Morgan fingerprint density at radius 2 is 1.55 bits per heavy atom. The molecule has 10 heteroatoms. The first kappa shape index (κ1) is 28.6. The summed E-state index contributed by atoms with van der Waals surface area (Å²) in [6, 6.07) is 31.6. The predicted octanol–water partition coefficient (Wildman–Crippen LogP) is 4.66. The van der Waals surface area contributed by atoms with Gasteiger partial charge in [0, 0.05) is 49.5 Å². The van der Waals surface area contributed by atoms with Crippen molar-refractivity contribution in [2.75, 3.05) is 48.3 Å². The molecule has 1 saturated heterocycles. The Hall–Kier alpha value is -4.96. The minimum absolute atomic E-state index is 0.204. The van der Waals surface area contributed by atoms with Gasteiger partial charge in [0.1, 0.15) is 5.82 Å². The number of hydrogen-bond acceptors (Lipinski definition) is 8. The van der Waals surface area contributed by atoms with E-state index in [2.05, 4.69) is 37.9 Å². The van der Waals surface area contributed by atoms with Crippen LogP contribution >= 0.6 is 12.2 Å². The van der Waals surface area contributed by atoms with Gasteiger partial charge in [-0.25, -0.2) is 4.79 Å². The van der Waals surface area contributed by atoms with Gasteiger partial charge in [-0.3, -0.25) is 0 Å². The van der Waals surface area contributed by atoms with Crippen LogP contribution in [-0.4, -0.2) is 59.0 Å². The van der Waals surface area contributed by atoms with E-state index in [0.29, 0.717) is 23.2 Å². The molecule has 4 N–H and O–H groups in total.